The number of nitrogens with zero attached hydrogens (tertiary/aromatic N) is 2. The number of halogens is 1. The summed E-state index contributed by atoms with van der Waals surface area (Å²) < 4.78 is 1.98. The van der Waals surface area contributed by atoms with Crippen LogP contribution in [0.5, 0.6) is 0 Å². The Balaban J connectivity index is 1.78. The molecule has 0 fully saturated rings. The molecule has 0 radical (unpaired) electrons. The Kier molecular flexibility index (Phi) is 5.49. The Morgan fingerprint density at radius 1 is 0.688 bits per heavy atom. The maximum atomic E-state index is 6.12. The molecule has 4 aromatic carbocycles. The third-order valence-electron chi connectivity index (χ3n) is 5.38. The van der Waals surface area contributed by atoms with Crippen molar-refractivity contribution in [2.24, 2.45) is 0 Å². The van der Waals surface area contributed by atoms with Gasteiger partial charge in [0.1, 0.15) is 11.5 Å². The highest BCUT2D eigenvalue weighted by atomic mass is 35.5. The third-order valence-corrected chi connectivity index (χ3v) is 5.63. The molecule has 1 heterocycles. The molecule has 0 aliphatic rings. The molecule has 1 aromatic heterocycles. The van der Waals surface area contributed by atoms with Gasteiger partial charge in [0.05, 0.1) is 11.3 Å². The first-order valence-electron chi connectivity index (χ1n) is 10.5. The maximum absolute atomic E-state index is 6.12. The fourth-order valence-corrected chi connectivity index (χ4v) is 3.88. The molecule has 0 bridgehead atoms. The van der Waals surface area contributed by atoms with Crippen molar-refractivity contribution in [2.75, 3.05) is 5.32 Å². The van der Waals surface area contributed by atoms with Crippen LogP contribution in [0.1, 0.15) is 5.56 Å². The minimum Gasteiger partial charge on any atom is -0.340 e. The SMILES string of the molecule is Cc1ccc(-n2nc(-c3ccccc3)c(-c3ccccc3)c2Nc2ccc(Cl)cc2)cc1. The van der Waals surface area contributed by atoms with Crippen molar-refractivity contribution in [1.82, 2.24) is 9.78 Å². The van der Waals surface area contributed by atoms with Gasteiger partial charge >= 0.3 is 0 Å². The van der Waals surface area contributed by atoms with Gasteiger partial charge in [0, 0.05) is 16.3 Å². The maximum Gasteiger partial charge on any atom is 0.142 e. The Labute approximate surface area is 192 Å². The average molecular weight is 436 g/mol. The summed E-state index contributed by atoms with van der Waals surface area (Å²) in [5.74, 6) is 0.904. The van der Waals surface area contributed by atoms with Crippen LogP contribution in [0, 0.1) is 6.92 Å². The number of benzene rings is 4. The van der Waals surface area contributed by atoms with E-state index < -0.39 is 0 Å². The number of nitrogens with one attached hydrogen (secondary N) is 1. The minimum atomic E-state index is 0.704. The Bertz CT molecular complexity index is 1320. The van der Waals surface area contributed by atoms with E-state index in [0.717, 1.165) is 39.6 Å². The van der Waals surface area contributed by atoms with Crippen molar-refractivity contribution in [2.45, 2.75) is 6.92 Å². The van der Waals surface area contributed by atoms with Crippen molar-refractivity contribution in [1.29, 1.82) is 0 Å². The first-order valence-corrected chi connectivity index (χ1v) is 10.9. The molecule has 5 rings (SSSR count). The predicted molar refractivity (Wildman–Crippen MR) is 134 cm³/mol. The molecule has 0 saturated heterocycles. The zero-order chi connectivity index (χ0) is 21.9. The van der Waals surface area contributed by atoms with E-state index >= 15 is 0 Å². The molecule has 5 aromatic rings. The lowest BCUT2D eigenvalue weighted by Crippen LogP contribution is -2.03. The number of aryl methyl sites for hydroxylation is 1. The predicted octanol–water partition coefficient (Wildman–Crippen LogP) is 7.91. The third kappa shape index (κ3) is 4.03. The summed E-state index contributed by atoms with van der Waals surface area (Å²) in [6, 6.07) is 36.8. The summed E-state index contributed by atoms with van der Waals surface area (Å²) in [6.45, 7) is 2.09. The van der Waals surface area contributed by atoms with Crippen LogP contribution in [-0.4, -0.2) is 9.78 Å². The molecule has 0 spiro atoms. The summed E-state index contributed by atoms with van der Waals surface area (Å²) in [5.41, 5.74) is 7.28. The first kappa shape index (κ1) is 20.1. The van der Waals surface area contributed by atoms with Crippen LogP contribution in [-0.2, 0) is 0 Å². The van der Waals surface area contributed by atoms with Crippen molar-refractivity contribution in [3.05, 3.63) is 120 Å². The van der Waals surface area contributed by atoms with Crippen molar-refractivity contribution in [3.8, 4) is 28.1 Å². The summed E-state index contributed by atoms with van der Waals surface area (Å²) >= 11 is 6.12. The topological polar surface area (TPSA) is 29.9 Å². The van der Waals surface area contributed by atoms with E-state index in [9.17, 15) is 0 Å². The van der Waals surface area contributed by atoms with Crippen LogP contribution in [0.2, 0.25) is 5.02 Å². The van der Waals surface area contributed by atoms with E-state index in [-0.39, 0.29) is 0 Å². The Morgan fingerprint density at radius 3 is 1.91 bits per heavy atom. The second kappa shape index (κ2) is 8.74. The van der Waals surface area contributed by atoms with Gasteiger partial charge in [-0.15, -0.1) is 0 Å². The molecule has 0 amide bonds. The molecular formula is C28H22ClN3. The smallest absolute Gasteiger partial charge is 0.142 e. The van der Waals surface area contributed by atoms with Gasteiger partial charge in [0.15, 0.2) is 0 Å². The summed E-state index contributed by atoms with van der Waals surface area (Å²) in [7, 11) is 0. The minimum absolute atomic E-state index is 0.704. The highest BCUT2D eigenvalue weighted by Gasteiger charge is 2.22. The molecule has 0 aliphatic carbocycles. The average Bonchev–Trinajstić information content (AvgIpc) is 3.21. The highest BCUT2D eigenvalue weighted by Crippen LogP contribution is 2.40. The van der Waals surface area contributed by atoms with Crippen molar-refractivity contribution >= 4 is 23.1 Å². The van der Waals surface area contributed by atoms with E-state index in [2.05, 4.69) is 72.9 Å². The zero-order valence-electron chi connectivity index (χ0n) is 17.7. The number of rotatable bonds is 5. The molecule has 4 heteroatoms. The van der Waals surface area contributed by atoms with Crippen LogP contribution >= 0.6 is 11.6 Å². The Morgan fingerprint density at radius 2 is 1.28 bits per heavy atom. The van der Waals surface area contributed by atoms with E-state index in [4.69, 9.17) is 16.7 Å². The molecule has 0 saturated carbocycles. The molecular weight excluding hydrogens is 414 g/mol. The highest BCUT2D eigenvalue weighted by molar-refractivity contribution is 6.30. The molecule has 0 aliphatic heterocycles. The summed E-state index contributed by atoms with van der Waals surface area (Å²) in [5, 5.41) is 9.41. The van der Waals surface area contributed by atoms with Gasteiger partial charge in [-0.1, -0.05) is 90.0 Å². The van der Waals surface area contributed by atoms with Crippen molar-refractivity contribution in [3.63, 3.8) is 0 Å². The second-order valence-corrected chi connectivity index (χ2v) is 8.12. The lowest BCUT2D eigenvalue weighted by atomic mass is 10.0. The fraction of sp³-hybridized carbons (Fsp3) is 0.0357. The number of hydrogen-bond acceptors (Lipinski definition) is 2. The van der Waals surface area contributed by atoms with E-state index in [1.165, 1.54) is 5.56 Å². The van der Waals surface area contributed by atoms with Gasteiger partial charge in [0.25, 0.3) is 0 Å². The molecule has 0 unspecified atom stereocenters. The van der Waals surface area contributed by atoms with Crippen molar-refractivity contribution < 1.29 is 0 Å². The monoisotopic (exact) mass is 435 g/mol. The largest absolute Gasteiger partial charge is 0.340 e. The number of anilines is 2. The number of hydrogen-bond donors (Lipinski definition) is 1. The quantitative estimate of drug-likeness (QED) is 0.304. The number of aromatic nitrogens is 2. The van der Waals surface area contributed by atoms with Crippen LogP contribution in [0.3, 0.4) is 0 Å². The van der Waals surface area contributed by atoms with E-state index in [0.29, 0.717) is 5.02 Å². The molecule has 0 atom stereocenters. The lowest BCUT2D eigenvalue weighted by Gasteiger charge is -2.13. The van der Waals surface area contributed by atoms with E-state index in [1.54, 1.807) is 0 Å². The van der Waals surface area contributed by atoms with E-state index in [1.807, 2.05) is 53.2 Å². The summed E-state index contributed by atoms with van der Waals surface area (Å²) in [4.78, 5) is 0. The Hall–Kier alpha value is -3.82. The van der Waals surface area contributed by atoms with Gasteiger partial charge in [-0.25, -0.2) is 4.68 Å². The fourth-order valence-electron chi connectivity index (χ4n) is 3.75. The standard InChI is InChI=1S/C28H22ClN3/c1-20-12-18-25(19-13-20)32-28(30-24-16-14-23(29)15-17-24)26(21-8-4-2-5-9-21)27(31-32)22-10-6-3-7-11-22/h2-19,30H,1H3. The lowest BCUT2D eigenvalue weighted by molar-refractivity contribution is 0.891. The van der Waals surface area contributed by atoms with Crippen LogP contribution < -0.4 is 5.32 Å². The van der Waals surface area contributed by atoms with Gasteiger partial charge in [0.2, 0.25) is 0 Å². The van der Waals surface area contributed by atoms with Crippen LogP contribution in [0.4, 0.5) is 11.5 Å². The molecule has 1 N–H and O–H groups in total. The van der Waals surface area contributed by atoms with Gasteiger partial charge < -0.3 is 5.32 Å². The van der Waals surface area contributed by atoms with Gasteiger partial charge in [-0.2, -0.15) is 5.10 Å². The van der Waals surface area contributed by atoms with Gasteiger partial charge in [-0.3, -0.25) is 0 Å². The zero-order valence-corrected chi connectivity index (χ0v) is 18.4. The first-order chi connectivity index (χ1) is 15.7. The van der Waals surface area contributed by atoms with Gasteiger partial charge in [-0.05, 0) is 48.9 Å². The normalized spacial score (nSPS) is 10.8. The second-order valence-electron chi connectivity index (χ2n) is 7.68. The molecule has 156 valence electrons. The summed E-state index contributed by atoms with van der Waals surface area (Å²) in [6.07, 6.45) is 0. The van der Waals surface area contributed by atoms with Crippen LogP contribution in [0.25, 0.3) is 28.1 Å². The molecule has 32 heavy (non-hydrogen) atoms. The molecule has 3 nitrogen and oxygen atoms in total. The van der Waals surface area contributed by atoms with Crippen LogP contribution in [0.15, 0.2) is 109 Å².